The number of rotatable bonds is 12. The Morgan fingerprint density at radius 2 is 1.10 bits per heavy atom. The molecular formula is C24H38O6. The third kappa shape index (κ3) is 6.38. The van der Waals surface area contributed by atoms with Gasteiger partial charge in [-0.05, 0) is 38.8 Å². The largest absolute Gasteiger partial charge is 0.508 e. The summed E-state index contributed by atoms with van der Waals surface area (Å²) in [4.78, 5) is 24.4. The lowest BCUT2D eigenvalue weighted by Crippen LogP contribution is -2.29. The van der Waals surface area contributed by atoms with Crippen molar-refractivity contribution in [3.63, 3.8) is 0 Å². The summed E-state index contributed by atoms with van der Waals surface area (Å²) in [5, 5.41) is 21.8. The maximum Gasteiger partial charge on any atom is 0.306 e. The minimum atomic E-state index is -0.677. The monoisotopic (exact) mass is 422 g/mol. The highest BCUT2D eigenvalue weighted by Crippen LogP contribution is 2.46. The SMILES string of the molecule is CCCC(C)(CC(=O)OCC)c1cc(O)c(C(C)(CCC)CC(=O)OCC)cc1O. The van der Waals surface area contributed by atoms with Gasteiger partial charge in [-0.25, -0.2) is 0 Å². The van der Waals surface area contributed by atoms with Crippen molar-refractivity contribution in [3.05, 3.63) is 23.3 Å². The quantitative estimate of drug-likeness (QED) is 0.359. The summed E-state index contributed by atoms with van der Waals surface area (Å²) in [5.74, 6) is -0.660. The van der Waals surface area contributed by atoms with E-state index >= 15 is 0 Å². The van der Waals surface area contributed by atoms with Crippen LogP contribution in [0.15, 0.2) is 12.1 Å². The van der Waals surface area contributed by atoms with Gasteiger partial charge in [0, 0.05) is 22.0 Å². The molecule has 0 aliphatic carbocycles. The van der Waals surface area contributed by atoms with Gasteiger partial charge in [-0.15, -0.1) is 0 Å². The fourth-order valence-corrected chi connectivity index (χ4v) is 4.34. The van der Waals surface area contributed by atoms with Crippen molar-refractivity contribution in [3.8, 4) is 11.5 Å². The van der Waals surface area contributed by atoms with Crippen LogP contribution in [0, 0.1) is 0 Å². The number of aromatic hydroxyl groups is 2. The summed E-state index contributed by atoms with van der Waals surface area (Å²) in [5.41, 5.74) is -0.338. The number of ether oxygens (including phenoxy) is 2. The van der Waals surface area contributed by atoms with Crippen LogP contribution in [0.4, 0.5) is 0 Å². The summed E-state index contributed by atoms with van der Waals surface area (Å²) in [6.07, 6.45) is 3.11. The molecule has 2 N–H and O–H groups in total. The lowest BCUT2D eigenvalue weighted by atomic mass is 9.71. The van der Waals surface area contributed by atoms with Crippen LogP contribution in [0.25, 0.3) is 0 Å². The summed E-state index contributed by atoms with van der Waals surface area (Å²) in [6, 6.07) is 3.08. The number of hydrogen-bond acceptors (Lipinski definition) is 6. The van der Waals surface area contributed by atoms with E-state index < -0.39 is 10.8 Å². The Morgan fingerprint density at radius 3 is 1.37 bits per heavy atom. The van der Waals surface area contributed by atoms with Gasteiger partial charge in [-0.2, -0.15) is 0 Å². The second kappa shape index (κ2) is 11.2. The molecule has 0 saturated carbocycles. The molecule has 0 aromatic heterocycles. The zero-order chi connectivity index (χ0) is 22.9. The number of phenolic OH excluding ortho intramolecular Hbond substituents is 2. The van der Waals surface area contributed by atoms with Crippen molar-refractivity contribution in [2.24, 2.45) is 0 Å². The molecule has 0 aliphatic rings. The Labute approximate surface area is 180 Å². The molecule has 6 heteroatoms. The van der Waals surface area contributed by atoms with E-state index in [0.29, 0.717) is 37.2 Å². The first-order valence-electron chi connectivity index (χ1n) is 10.9. The molecule has 0 bridgehead atoms. The van der Waals surface area contributed by atoms with E-state index in [1.807, 2.05) is 27.7 Å². The number of phenols is 2. The Kier molecular flexibility index (Phi) is 9.66. The van der Waals surface area contributed by atoms with E-state index in [4.69, 9.17) is 9.47 Å². The average Bonchev–Trinajstić information content (AvgIpc) is 2.63. The standard InChI is InChI=1S/C24H38O6/c1-7-11-23(5,15-21(27)29-9-3)17-13-20(26)18(14-19(17)25)24(6,12-8-2)16-22(28)30-10-4/h13-14,25-26H,7-12,15-16H2,1-6H3. The fourth-order valence-electron chi connectivity index (χ4n) is 4.34. The van der Waals surface area contributed by atoms with Crippen molar-refractivity contribution < 1.29 is 29.3 Å². The van der Waals surface area contributed by atoms with Gasteiger partial charge in [0.15, 0.2) is 0 Å². The van der Waals surface area contributed by atoms with Gasteiger partial charge in [0.05, 0.1) is 26.1 Å². The van der Waals surface area contributed by atoms with E-state index in [9.17, 15) is 19.8 Å². The van der Waals surface area contributed by atoms with E-state index in [-0.39, 0.29) is 36.3 Å². The predicted molar refractivity (Wildman–Crippen MR) is 117 cm³/mol. The Balaban J connectivity index is 3.42. The predicted octanol–water partition coefficient (Wildman–Crippen LogP) is 5.12. The van der Waals surface area contributed by atoms with Crippen LogP contribution < -0.4 is 0 Å². The molecule has 0 heterocycles. The smallest absolute Gasteiger partial charge is 0.306 e. The Morgan fingerprint density at radius 1 is 0.767 bits per heavy atom. The van der Waals surface area contributed by atoms with Gasteiger partial charge < -0.3 is 19.7 Å². The van der Waals surface area contributed by atoms with Crippen molar-refractivity contribution in [2.75, 3.05) is 13.2 Å². The first-order valence-corrected chi connectivity index (χ1v) is 10.9. The van der Waals surface area contributed by atoms with Crippen molar-refractivity contribution in [2.45, 2.75) is 90.9 Å². The lowest BCUT2D eigenvalue weighted by molar-refractivity contribution is -0.145. The topological polar surface area (TPSA) is 93.1 Å². The molecule has 0 fully saturated rings. The molecule has 6 nitrogen and oxygen atoms in total. The van der Waals surface area contributed by atoms with Crippen LogP contribution in [0.3, 0.4) is 0 Å². The van der Waals surface area contributed by atoms with E-state index in [2.05, 4.69) is 0 Å². The first-order chi connectivity index (χ1) is 14.1. The van der Waals surface area contributed by atoms with Crippen LogP contribution in [-0.2, 0) is 29.9 Å². The highest BCUT2D eigenvalue weighted by Gasteiger charge is 2.37. The van der Waals surface area contributed by atoms with Gasteiger partial charge in [0.1, 0.15) is 11.5 Å². The van der Waals surface area contributed by atoms with Gasteiger partial charge in [-0.3, -0.25) is 9.59 Å². The fraction of sp³-hybridized carbons (Fsp3) is 0.667. The Hall–Kier alpha value is -2.24. The maximum absolute atomic E-state index is 12.2. The molecule has 2 unspecified atom stereocenters. The second-order valence-corrected chi connectivity index (χ2v) is 8.47. The minimum absolute atomic E-state index is 0.00855. The van der Waals surface area contributed by atoms with Gasteiger partial charge >= 0.3 is 11.9 Å². The summed E-state index contributed by atoms with van der Waals surface area (Å²) < 4.78 is 10.2. The first kappa shape index (κ1) is 25.8. The molecule has 0 radical (unpaired) electrons. The zero-order valence-corrected chi connectivity index (χ0v) is 19.3. The normalized spacial score (nSPS) is 15.1. The minimum Gasteiger partial charge on any atom is -0.508 e. The maximum atomic E-state index is 12.2. The molecule has 1 aromatic rings. The highest BCUT2D eigenvalue weighted by atomic mass is 16.5. The molecule has 170 valence electrons. The van der Waals surface area contributed by atoms with E-state index in [1.165, 1.54) is 0 Å². The highest BCUT2D eigenvalue weighted by molar-refractivity contribution is 5.73. The van der Waals surface area contributed by atoms with Crippen molar-refractivity contribution >= 4 is 11.9 Å². The number of hydrogen-bond donors (Lipinski definition) is 2. The number of benzene rings is 1. The molecular weight excluding hydrogens is 384 g/mol. The van der Waals surface area contributed by atoms with Crippen molar-refractivity contribution in [1.29, 1.82) is 0 Å². The van der Waals surface area contributed by atoms with Crippen LogP contribution in [-0.4, -0.2) is 35.4 Å². The van der Waals surface area contributed by atoms with Gasteiger partial charge in [0.25, 0.3) is 0 Å². The van der Waals surface area contributed by atoms with Crippen LogP contribution >= 0.6 is 0 Å². The van der Waals surface area contributed by atoms with Gasteiger partial charge in [-0.1, -0.05) is 40.5 Å². The molecule has 0 spiro atoms. The lowest BCUT2D eigenvalue weighted by Gasteiger charge is -2.33. The van der Waals surface area contributed by atoms with E-state index in [0.717, 1.165) is 12.8 Å². The third-order valence-corrected chi connectivity index (χ3v) is 5.70. The molecule has 0 saturated heterocycles. The van der Waals surface area contributed by atoms with Crippen LogP contribution in [0.5, 0.6) is 11.5 Å². The average molecular weight is 423 g/mol. The molecule has 0 amide bonds. The zero-order valence-electron chi connectivity index (χ0n) is 19.3. The summed E-state index contributed by atoms with van der Waals surface area (Å²) in [6.45, 7) is 11.9. The summed E-state index contributed by atoms with van der Waals surface area (Å²) in [7, 11) is 0. The number of carbonyl (C=O) groups excluding carboxylic acids is 2. The number of carbonyl (C=O) groups is 2. The second-order valence-electron chi connectivity index (χ2n) is 8.47. The van der Waals surface area contributed by atoms with Crippen LogP contribution in [0.1, 0.15) is 91.2 Å². The third-order valence-electron chi connectivity index (χ3n) is 5.70. The molecule has 1 rings (SSSR count). The Bertz CT molecular complexity index is 667. The van der Waals surface area contributed by atoms with E-state index in [1.54, 1.807) is 26.0 Å². The summed E-state index contributed by atoms with van der Waals surface area (Å²) >= 11 is 0. The molecule has 0 aliphatic heterocycles. The molecule has 1 aromatic carbocycles. The number of esters is 2. The van der Waals surface area contributed by atoms with Crippen molar-refractivity contribution in [1.82, 2.24) is 0 Å². The molecule has 2 atom stereocenters. The van der Waals surface area contributed by atoms with Crippen LogP contribution in [0.2, 0.25) is 0 Å². The van der Waals surface area contributed by atoms with Gasteiger partial charge in [0.2, 0.25) is 0 Å². The molecule has 30 heavy (non-hydrogen) atoms.